The summed E-state index contributed by atoms with van der Waals surface area (Å²) >= 11 is 0. The van der Waals surface area contributed by atoms with Crippen LogP contribution in [0.25, 0.3) is 0 Å². The molecule has 0 aliphatic heterocycles. The van der Waals surface area contributed by atoms with Gasteiger partial charge in [0, 0.05) is 25.7 Å². The van der Waals surface area contributed by atoms with Crippen molar-refractivity contribution >= 4 is 21.6 Å². The van der Waals surface area contributed by atoms with Crippen LogP contribution in [-0.4, -0.2) is 32.8 Å². The van der Waals surface area contributed by atoms with E-state index in [1.54, 1.807) is 26.3 Å². The molecule has 1 N–H and O–H groups in total. The van der Waals surface area contributed by atoms with E-state index in [4.69, 9.17) is 4.74 Å². The first-order valence-corrected chi connectivity index (χ1v) is 11.4. The molecule has 0 saturated carbocycles. The van der Waals surface area contributed by atoms with Crippen molar-refractivity contribution in [2.75, 3.05) is 19.5 Å². The molecular formula is C24H26N2O4S. The van der Waals surface area contributed by atoms with Gasteiger partial charge in [-0.05, 0) is 47.9 Å². The number of aryl methyl sites for hydroxylation is 1. The van der Waals surface area contributed by atoms with Gasteiger partial charge < -0.3 is 10.1 Å². The highest BCUT2D eigenvalue weighted by atomic mass is 32.2. The number of benzene rings is 3. The van der Waals surface area contributed by atoms with Gasteiger partial charge in [0.15, 0.2) is 0 Å². The van der Waals surface area contributed by atoms with Gasteiger partial charge in [-0.1, -0.05) is 48.5 Å². The van der Waals surface area contributed by atoms with Crippen LogP contribution in [-0.2, 0) is 27.8 Å². The Morgan fingerprint density at radius 2 is 1.58 bits per heavy atom. The van der Waals surface area contributed by atoms with E-state index in [2.05, 4.69) is 5.32 Å². The topological polar surface area (TPSA) is 75.7 Å². The molecule has 3 aromatic rings. The molecule has 162 valence electrons. The summed E-state index contributed by atoms with van der Waals surface area (Å²) in [5.41, 5.74) is 2.42. The maximum atomic E-state index is 12.8. The molecule has 3 aromatic carbocycles. The highest BCUT2D eigenvalue weighted by Gasteiger charge is 2.21. The number of hydrogen-bond donors (Lipinski definition) is 1. The molecule has 3 rings (SSSR count). The Bertz CT molecular complexity index is 1110. The van der Waals surface area contributed by atoms with E-state index >= 15 is 0 Å². The van der Waals surface area contributed by atoms with Crippen molar-refractivity contribution in [1.82, 2.24) is 4.31 Å². The van der Waals surface area contributed by atoms with Gasteiger partial charge in [-0.25, -0.2) is 8.42 Å². The number of nitrogens with zero attached hydrogens (tertiary/aromatic N) is 1. The lowest BCUT2D eigenvalue weighted by atomic mass is 10.1. The van der Waals surface area contributed by atoms with Crippen LogP contribution >= 0.6 is 0 Å². The average Bonchev–Trinajstić information content (AvgIpc) is 2.79. The third-order valence-corrected chi connectivity index (χ3v) is 6.73. The summed E-state index contributed by atoms with van der Waals surface area (Å²) in [4.78, 5) is 12.5. The van der Waals surface area contributed by atoms with Crippen molar-refractivity contribution in [3.05, 3.63) is 90.0 Å². The molecule has 1 amide bonds. The smallest absolute Gasteiger partial charge is 0.243 e. The lowest BCUT2D eigenvalue weighted by Gasteiger charge is -2.17. The molecule has 0 spiro atoms. The van der Waals surface area contributed by atoms with Gasteiger partial charge >= 0.3 is 0 Å². The Hall–Kier alpha value is -3.16. The minimum atomic E-state index is -3.63. The SMILES string of the molecule is COc1ccccc1CCC(=O)Nc1ccc(S(=O)(=O)N(C)Cc2ccccc2)cc1. The van der Waals surface area contributed by atoms with Crippen LogP contribution in [0.15, 0.2) is 83.8 Å². The first kappa shape index (κ1) is 22.5. The largest absolute Gasteiger partial charge is 0.496 e. The van der Waals surface area contributed by atoms with Gasteiger partial charge in [0.1, 0.15) is 5.75 Å². The first-order chi connectivity index (χ1) is 14.9. The zero-order chi connectivity index (χ0) is 22.3. The maximum Gasteiger partial charge on any atom is 0.243 e. The van der Waals surface area contributed by atoms with Crippen LogP contribution in [0.2, 0.25) is 0 Å². The van der Waals surface area contributed by atoms with Crippen LogP contribution in [0.5, 0.6) is 5.75 Å². The standard InChI is InChI=1S/C24H26N2O4S/c1-26(18-19-8-4-3-5-9-19)31(28,29)22-15-13-21(14-16-22)25-24(27)17-12-20-10-6-7-11-23(20)30-2/h3-11,13-16H,12,17-18H2,1-2H3,(H,25,27). The summed E-state index contributed by atoms with van der Waals surface area (Å²) in [6.45, 7) is 0.282. The van der Waals surface area contributed by atoms with E-state index in [0.29, 0.717) is 18.5 Å². The average molecular weight is 439 g/mol. The number of amides is 1. The normalized spacial score (nSPS) is 11.3. The molecule has 31 heavy (non-hydrogen) atoms. The summed E-state index contributed by atoms with van der Waals surface area (Å²) in [5, 5.41) is 2.81. The highest BCUT2D eigenvalue weighted by molar-refractivity contribution is 7.89. The number of sulfonamides is 1. The molecule has 0 atom stereocenters. The van der Waals surface area contributed by atoms with Gasteiger partial charge in [-0.15, -0.1) is 0 Å². The number of rotatable bonds is 9. The van der Waals surface area contributed by atoms with Crippen LogP contribution in [0.1, 0.15) is 17.5 Å². The van der Waals surface area contributed by atoms with Gasteiger partial charge in [0.2, 0.25) is 15.9 Å². The molecule has 0 aromatic heterocycles. The number of para-hydroxylation sites is 1. The van der Waals surface area contributed by atoms with Crippen LogP contribution in [0.3, 0.4) is 0 Å². The summed E-state index contributed by atoms with van der Waals surface area (Å²) in [5.74, 6) is 0.604. The zero-order valence-electron chi connectivity index (χ0n) is 17.6. The predicted octanol–water partition coefficient (Wildman–Crippen LogP) is 4.09. The number of carbonyl (C=O) groups excluding carboxylic acids is 1. The van der Waals surface area contributed by atoms with Crippen LogP contribution < -0.4 is 10.1 Å². The van der Waals surface area contributed by atoms with E-state index in [-0.39, 0.29) is 17.3 Å². The number of ether oxygens (including phenoxy) is 1. The minimum Gasteiger partial charge on any atom is -0.496 e. The summed E-state index contributed by atoms with van der Waals surface area (Å²) in [7, 11) is -0.475. The third-order valence-electron chi connectivity index (χ3n) is 4.91. The Kier molecular flexibility index (Phi) is 7.44. The third kappa shape index (κ3) is 5.93. The second-order valence-corrected chi connectivity index (χ2v) is 9.18. The number of nitrogens with one attached hydrogen (secondary N) is 1. The molecule has 0 radical (unpaired) electrons. The Morgan fingerprint density at radius 3 is 2.26 bits per heavy atom. The number of anilines is 1. The molecule has 7 heteroatoms. The van der Waals surface area contributed by atoms with Crippen molar-refractivity contribution in [1.29, 1.82) is 0 Å². The van der Waals surface area contributed by atoms with Gasteiger partial charge in [-0.3, -0.25) is 4.79 Å². The molecule has 0 bridgehead atoms. The molecule has 0 heterocycles. The zero-order valence-corrected chi connectivity index (χ0v) is 18.4. The Labute approximate surface area is 183 Å². The minimum absolute atomic E-state index is 0.150. The Balaban J connectivity index is 1.59. The molecule has 0 unspecified atom stereocenters. The van der Waals surface area contributed by atoms with Crippen LogP contribution in [0.4, 0.5) is 5.69 Å². The van der Waals surface area contributed by atoms with Crippen molar-refractivity contribution in [2.45, 2.75) is 24.3 Å². The van der Waals surface area contributed by atoms with Crippen molar-refractivity contribution in [3.63, 3.8) is 0 Å². The lowest BCUT2D eigenvalue weighted by Crippen LogP contribution is -2.26. The van der Waals surface area contributed by atoms with Crippen LogP contribution in [0, 0.1) is 0 Å². The Morgan fingerprint density at radius 1 is 0.935 bits per heavy atom. The fraction of sp³-hybridized carbons (Fsp3) is 0.208. The maximum absolute atomic E-state index is 12.8. The number of methoxy groups -OCH3 is 1. The fourth-order valence-electron chi connectivity index (χ4n) is 3.20. The quantitative estimate of drug-likeness (QED) is 0.546. The van der Waals surface area contributed by atoms with E-state index in [1.807, 2.05) is 54.6 Å². The molecule has 0 fully saturated rings. The predicted molar refractivity (Wildman–Crippen MR) is 121 cm³/mol. The second-order valence-electron chi connectivity index (χ2n) is 7.13. The molecule has 0 saturated heterocycles. The molecular weight excluding hydrogens is 412 g/mol. The molecule has 0 aliphatic rings. The highest BCUT2D eigenvalue weighted by Crippen LogP contribution is 2.21. The lowest BCUT2D eigenvalue weighted by molar-refractivity contribution is -0.116. The van der Waals surface area contributed by atoms with Gasteiger partial charge in [0.25, 0.3) is 0 Å². The van der Waals surface area contributed by atoms with Crippen molar-refractivity contribution < 1.29 is 17.9 Å². The molecule has 0 aliphatic carbocycles. The molecule has 6 nitrogen and oxygen atoms in total. The monoisotopic (exact) mass is 438 g/mol. The number of hydrogen-bond acceptors (Lipinski definition) is 4. The first-order valence-electron chi connectivity index (χ1n) is 9.92. The van der Waals surface area contributed by atoms with Crippen molar-refractivity contribution in [3.8, 4) is 5.75 Å². The number of carbonyl (C=O) groups is 1. The van der Waals surface area contributed by atoms with E-state index in [1.165, 1.54) is 16.4 Å². The second kappa shape index (κ2) is 10.2. The van der Waals surface area contributed by atoms with E-state index < -0.39 is 10.0 Å². The summed E-state index contributed by atoms with van der Waals surface area (Å²) < 4.78 is 32.2. The summed E-state index contributed by atoms with van der Waals surface area (Å²) in [6.07, 6.45) is 0.840. The van der Waals surface area contributed by atoms with Gasteiger partial charge in [0.05, 0.1) is 12.0 Å². The van der Waals surface area contributed by atoms with Gasteiger partial charge in [-0.2, -0.15) is 4.31 Å². The van der Waals surface area contributed by atoms with E-state index in [0.717, 1.165) is 16.9 Å². The fourth-order valence-corrected chi connectivity index (χ4v) is 4.36. The van der Waals surface area contributed by atoms with Crippen molar-refractivity contribution in [2.24, 2.45) is 0 Å². The van der Waals surface area contributed by atoms with E-state index in [9.17, 15) is 13.2 Å². The summed E-state index contributed by atoms with van der Waals surface area (Å²) in [6, 6.07) is 23.2.